The van der Waals surface area contributed by atoms with Crippen LogP contribution in [0.4, 0.5) is 10.7 Å². The number of aliphatic imine (C=N–C) groups is 1. The van der Waals surface area contributed by atoms with Crippen molar-refractivity contribution in [1.29, 1.82) is 0 Å². The molecule has 1 aromatic carbocycles. The summed E-state index contributed by atoms with van der Waals surface area (Å²) in [6, 6.07) is 7.63. The fourth-order valence-corrected chi connectivity index (χ4v) is 5.21. The minimum Gasteiger partial charge on any atom is -0.379 e. The van der Waals surface area contributed by atoms with Crippen molar-refractivity contribution in [3.63, 3.8) is 0 Å². The van der Waals surface area contributed by atoms with Gasteiger partial charge in [0.1, 0.15) is 17.1 Å². The molecule has 4 heterocycles. The van der Waals surface area contributed by atoms with Crippen molar-refractivity contribution in [3.05, 3.63) is 41.2 Å². The summed E-state index contributed by atoms with van der Waals surface area (Å²) in [4.78, 5) is 36.8. The molecule has 9 heteroatoms. The van der Waals surface area contributed by atoms with E-state index in [2.05, 4.69) is 47.6 Å². The predicted octanol–water partition coefficient (Wildman–Crippen LogP) is 2.54. The lowest BCUT2D eigenvalue weighted by molar-refractivity contribution is -0.682. The molecule has 0 radical (unpaired) electrons. The Balaban J connectivity index is 1.45. The number of benzene rings is 1. The molecule has 3 aliphatic heterocycles. The highest BCUT2D eigenvalue weighted by Crippen LogP contribution is 2.33. The van der Waals surface area contributed by atoms with E-state index in [-0.39, 0.29) is 11.9 Å². The summed E-state index contributed by atoms with van der Waals surface area (Å²) in [5.41, 5.74) is 4.34. The van der Waals surface area contributed by atoms with Crippen molar-refractivity contribution < 1.29 is 18.9 Å². The molecule has 2 aromatic rings. The smallest absolute Gasteiger partial charge is 0.379 e. The number of amides is 3. The zero-order chi connectivity index (χ0) is 24.7. The Kier molecular flexibility index (Phi) is 6.46. The molecule has 5 rings (SSSR count). The van der Waals surface area contributed by atoms with Gasteiger partial charge in [-0.15, -0.1) is 0 Å². The van der Waals surface area contributed by atoms with E-state index in [0.29, 0.717) is 38.1 Å². The maximum Gasteiger partial charge on any atom is 0.407 e. The first kappa shape index (κ1) is 23.7. The number of nitrogens with zero attached hydrogens (tertiary/aromatic N) is 6. The third kappa shape index (κ3) is 4.06. The molecule has 1 aromatic heterocycles. The zero-order valence-electron chi connectivity index (χ0n) is 21.2. The lowest BCUT2D eigenvalue weighted by atomic mass is 10.1. The van der Waals surface area contributed by atoms with Crippen LogP contribution in [-0.4, -0.2) is 83.5 Å². The van der Waals surface area contributed by atoms with E-state index >= 15 is 0 Å². The molecule has 186 valence electrons. The van der Waals surface area contributed by atoms with Crippen LogP contribution in [0, 0.1) is 13.8 Å². The molecule has 1 atom stereocenters. The minimum absolute atomic E-state index is 0.209. The summed E-state index contributed by atoms with van der Waals surface area (Å²) in [6.07, 6.45) is 3.41. The molecule has 35 heavy (non-hydrogen) atoms. The summed E-state index contributed by atoms with van der Waals surface area (Å²) in [6.45, 7) is 10.3. The van der Waals surface area contributed by atoms with Gasteiger partial charge in [0.15, 0.2) is 0 Å². The molecule has 2 fully saturated rings. The van der Waals surface area contributed by atoms with Gasteiger partial charge in [-0.25, -0.2) is 9.36 Å². The second-order valence-corrected chi connectivity index (χ2v) is 9.60. The number of carbonyl (C=O) groups excluding carboxylic acids is 2. The molecule has 0 N–H and O–H groups in total. The van der Waals surface area contributed by atoms with Gasteiger partial charge < -0.3 is 4.74 Å². The molecular weight excluding hydrogens is 444 g/mol. The molecule has 0 bridgehead atoms. The minimum atomic E-state index is -0.624. The number of carbonyl (C=O) groups is 2. The van der Waals surface area contributed by atoms with Crippen molar-refractivity contribution in [2.75, 3.05) is 46.4 Å². The Morgan fingerprint density at radius 3 is 2.49 bits per heavy atom. The van der Waals surface area contributed by atoms with Crippen LogP contribution in [0.5, 0.6) is 0 Å². The number of fused-ring (bicyclic) bond motifs is 3. The second-order valence-electron chi connectivity index (χ2n) is 9.60. The van der Waals surface area contributed by atoms with Crippen LogP contribution in [0.25, 0.3) is 5.69 Å². The van der Waals surface area contributed by atoms with Crippen molar-refractivity contribution in [2.24, 2.45) is 4.99 Å². The van der Waals surface area contributed by atoms with Gasteiger partial charge in [0.2, 0.25) is 11.9 Å². The number of aromatic nitrogens is 2. The Bertz CT molecular complexity index is 1160. The lowest BCUT2D eigenvalue weighted by Crippen LogP contribution is -2.64. The van der Waals surface area contributed by atoms with Crippen LogP contribution in [0.3, 0.4) is 0 Å². The van der Waals surface area contributed by atoms with Crippen LogP contribution in [-0.2, 0) is 16.0 Å². The first-order valence-corrected chi connectivity index (χ1v) is 12.6. The summed E-state index contributed by atoms with van der Waals surface area (Å²) >= 11 is 0. The van der Waals surface area contributed by atoms with E-state index in [4.69, 9.17) is 9.73 Å². The largest absolute Gasteiger partial charge is 0.407 e. The number of unbranched alkanes of at least 4 members (excludes halogenated alkanes) is 1. The van der Waals surface area contributed by atoms with Crippen molar-refractivity contribution >= 4 is 23.7 Å². The summed E-state index contributed by atoms with van der Waals surface area (Å²) < 4.78 is 9.49. The standard InChI is InChI=1S/C26H35N6O3/c1-5-6-7-20-8-10-21(11-9-20)31-18(2)19(3)32-22-23(27-25(31)32)28(4)26(34)30(24(22)33)13-12-29-14-16-35-17-15-29/h8-11,22H,5-7,12-17H2,1-4H3/q+1. The topological polar surface area (TPSA) is 74.3 Å². The van der Waals surface area contributed by atoms with Crippen LogP contribution in [0.15, 0.2) is 29.3 Å². The van der Waals surface area contributed by atoms with E-state index in [1.54, 1.807) is 7.05 Å². The number of urea groups is 1. The SMILES string of the molecule is CCCCc1ccc(-n2c(C)c(C)[n+]3c2N=C2C3C(=O)N(CCN3CCOCC3)C(=O)N2C)cc1. The second kappa shape index (κ2) is 9.54. The first-order valence-electron chi connectivity index (χ1n) is 12.6. The first-order chi connectivity index (χ1) is 16.9. The molecule has 1 unspecified atom stereocenters. The predicted molar refractivity (Wildman–Crippen MR) is 132 cm³/mol. The average Bonchev–Trinajstić information content (AvgIpc) is 3.37. The van der Waals surface area contributed by atoms with Crippen LogP contribution >= 0.6 is 0 Å². The number of likely N-dealkylation sites (N-methyl/N-ethyl adjacent to an activating group) is 1. The molecule has 2 saturated heterocycles. The average molecular weight is 480 g/mol. The molecule has 0 spiro atoms. The van der Waals surface area contributed by atoms with Gasteiger partial charge in [-0.05, 0) is 44.4 Å². The highest BCUT2D eigenvalue weighted by Gasteiger charge is 2.54. The fourth-order valence-electron chi connectivity index (χ4n) is 5.21. The monoisotopic (exact) mass is 479 g/mol. The Labute approximate surface area is 206 Å². The number of ether oxygens (including phenoxy) is 1. The fraction of sp³-hybridized carbons (Fsp3) is 0.538. The highest BCUT2D eigenvalue weighted by atomic mass is 16.5. The number of rotatable bonds is 7. The number of imidazole rings is 1. The van der Waals surface area contributed by atoms with E-state index < -0.39 is 6.04 Å². The van der Waals surface area contributed by atoms with Gasteiger partial charge in [-0.3, -0.25) is 19.5 Å². The third-order valence-corrected chi connectivity index (χ3v) is 7.47. The Hall–Kier alpha value is -3.04. The normalized spacial score (nSPS) is 20.3. The number of amidine groups is 1. The maximum absolute atomic E-state index is 13.7. The number of hydrogen-bond acceptors (Lipinski definition) is 5. The summed E-state index contributed by atoms with van der Waals surface area (Å²) in [5.74, 6) is 0.970. The van der Waals surface area contributed by atoms with E-state index in [9.17, 15) is 9.59 Å². The number of aryl methyl sites for hydroxylation is 1. The molecule has 9 nitrogen and oxygen atoms in total. The number of hydrogen-bond donors (Lipinski definition) is 0. The van der Waals surface area contributed by atoms with Crippen molar-refractivity contribution in [1.82, 2.24) is 19.3 Å². The number of morpholine rings is 1. The van der Waals surface area contributed by atoms with E-state index in [1.165, 1.54) is 28.2 Å². The van der Waals surface area contributed by atoms with Crippen molar-refractivity contribution in [2.45, 2.75) is 46.1 Å². The Morgan fingerprint density at radius 2 is 1.80 bits per heavy atom. The van der Waals surface area contributed by atoms with E-state index in [0.717, 1.165) is 36.6 Å². The lowest BCUT2D eigenvalue weighted by Gasteiger charge is -2.35. The van der Waals surface area contributed by atoms with Crippen LogP contribution in [0.2, 0.25) is 0 Å². The molecule has 0 saturated carbocycles. The maximum atomic E-state index is 13.7. The summed E-state index contributed by atoms with van der Waals surface area (Å²) in [5, 5.41) is 0. The summed E-state index contributed by atoms with van der Waals surface area (Å²) in [7, 11) is 1.71. The van der Waals surface area contributed by atoms with Crippen LogP contribution in [0.1, 0.15) is 42.8 Å². The molecule has 3 amide bonds. The van der Waals surface area contributed by atoms with Gasteiger partial charge in [0.05, 0.1) is 13.2 Å². The van der Waals surface area contributed by atoms with Gasteiger partial charge in [0, 0.05) is 33.2 Å². The van der Waals surface area contributed by atoms with Gasteiger partial charge in [-0.2, -0.15) is 4.57 Å². The molecule has 3 aliphatic rings. The van der Waals surface area contributed by atoms with Gasteiger partial charge in [-0.1, -0.05) is 30.5 Å². The molecular formula is C26H35N6O3+. The third-order valence-electron chi connectivity index (χ3n) is 7.47. The highest BCUT2D eigenvalue weighted by molar-refractivity contribution is 6.19. The molecule has 0 aliphatic carbocycles. The van der Waals surface area contributed by atoms with Crippen LogP contribution < -0.4 is 4.57 Å². The van der Waals surface area contributed by atoms with Gasteiger partial charge in [0.25, 0.3) is 5.91 Å². The zero-order valence-corrected chi connectivity index (χ0v) is 21.2. The quantitative estimate of drug-likeness (QED) is 0.572. The van der Waals surface area contributed by atoms with E-state index in [1.807, 2.05) is 11.5 Å². The van der Waals surface area contributed by atoms with Crippen molar-refractivity contribution in [3.8, 4) is 5.69 Å². The van der Waals surface area contributed by atoms with Gasteiger partial charge >= 0.3 is 12.0 Å². The number of imide groups is 1. The Morgan fingerprint density at radius 1 is 1.09 bits per heavy atom.